The van der Waals surface area contributed by atoms with Crippen molar-refractivity contribution in [2.45, 2.75) is 23.7 Å². The largest absolute Gasteiger partial charge is 0.440 e. The number of rotatable bonds is 5. The number of aromatic nitrogens is 1. The second kappa shape index (κ2) is 6.61. The van der Waals surface area contributed by atoms with Crippen LogP contribution in [0, 0.1) is 0 Å². The van der Waals surface area contributed by atoms with Gasteiger partial charge in [-0.15, -0.1) is 0 Å². The van der Waals surface area contributed by atoms with Crippen LogP contribution in [0.15, 0.2) is 58.0 Å². The Morgan fingerprint density at radius 2 is 1.81 bits per heavy atom. The lowest BCUT2D eigenvalue weighted by Gasteiger charge is -2.10. The van der Waals surface area contributed by atoms with Crippen molar-refractivity contribution < 1.29 is 12.8 Å². The highest BCUT2D eigenvalue weighted by molar-refractivity contribution is 7.92. The number of sulfonamides is 1. The van der Waals surface area contributed by atoms with Gasteiger partial charge in [-0.2, -0.15) is 0 Å². The van der Waals surface area contributed by atoms with Crippen LogP contribution in [-0.4, -0.2) is 13.4 Å². The van der Waals surface area contributed by atoms with E-state index >= 15 is 0 Å². The molecule has 1 N–H and O–H groups in total. The Bertz CT molecular complexity index is 1060. The minimum absolute atomic E-state index is 0.120. The predicted molar refractivity (Wildman–Crippen MR) is 101 cm³/mol. The maximum absolute atomic E-state index is 12.5. The average molecular weight is 409 g/mol. The van der Waals surface area contributed by atoms with E-state index in [1.54, 1.807) is 24.4 Å². The van der Waals surface area contributed by atoms with Crippen LogP contribution in [0.5, 0.6) is 0 Å². The first-order chi connectivity index (χ1) is 12.4. The summed E-state index contributed by atoms with van der Waals surface area (Å²) in [7, 11) is -3.77. The standard InChI is InChI=1S/C18H14Cl2N2O3S/c19-13-5-8-16(15(20)9-13)22-26(23,24)14-6-3-11(4-7-14)17-10-21-18(25-17)12-1-2-12/h3-10,12,22H,1-2H2. The molecule has 8 heteroatoms. The first-order valence-electron chi connectivity index (χ1n) is 7.96. The number of hydrogen-bond donors (Lipinski definition) is 1. The lowest BCUT2D eigenvalue weighted by atomic mass is 10.2. The van der Waals surface area contributed by atoms with Gasteiger partial charge >= 0.3 is 0 Å². The molecule has 4 rings (SSSR count). The van der Waals surface area contributed by atoms with Crippen LogP contribution >= 0.6 is 23.2 Å². The molecule has 5 nitrogen and oxygen atoms in total. The molecule has 0 saturated heterocycles. The van der Waals surface area contributed by atoms with Gasteiger partial charge in [0, 0.05) is 16.5 Å². The Kier molecular flexibility index (Phi) is 4.42. The molecule has 2 aromatic carbocycles. The van der Waals surface area contributed by atoms with Gasteiger partial charge in [0.25, 0.3) is 10.0 Å². The fourth-order valence-corrected chi connectivity index (χ4v) is 4.11. The normalized spacial score (nSPS) is 14.4. The molecule has 0 amide bonds. The summed E-state index contributed by atoms with van der Waals surface area (Å²) in [6.45, 7) is 0. The van der Waals surface area contributed by atoms with Crippen molar-refractivity contribution in [2.24, 2.45) is 0 Å². The monoisotopic (exact) mass is 408 g/mol. The van der Waals surface area contributed by atoms with Crippen molar-refractivity contribution in [3.8, 4) is 11.3 Å². The molecule has 1 heterocycles. The van der Waals surface area contributed by atoms with Gasteiger partial charge in [0.2, 0.25) is 0 Å². The second-order valence-electron chi connectivity index (χ2n) is 6.09. The summed E-state index contributed by atoms with van der Waals surface area (Å²) in [4.78, 5) is 4.40. The number of anilines is 1. The highest BCUT2D eigenvalue weighted by atomic mass is 35.5. The number of halogens is 2. The second-order valence-corrected chi connectivity index (χ2v) is 8.62. The average Bonchev–Trinajstić information content (AvgIpc) is 3.35. The molecule has 0 atom stereocenters. The van der Waals surface area contributed by atoms with Gasteiger partial charge in [-0.05, 0) is 55.3 Å². The number of oxazole rings is 1. The van der Waals surface area contributed by atoms with E-state index in [0.29, 0.717) is 16.7 Å². The Hall–Kier alpha value is -2.02. The minimum atomic E-state index is -3.77. The van der Waals surface area contributed by atoms with E-state index in [1.807, 2.05) is 0 Å². The molecular weight excluding hydrogens is 395 g/mol. The molecule has 0 radical (unpaired) electrons. The van der Waals surface area contributed by atoms with Crippen molar-refractivity contribution in [3.05, 3.63) is 64.6 Å². The van der Waals surface area contributed by atoms with Crippen molar-refractivity contribution in [1.82, 2.24) is 4.98 Å². The van der Waals surface area contributed by atoms with E-state index < -0.39 is 10.0 Å². The van der Waals surface area contributed by atoms with Crippen molar-refractivity contribution in [3.63, 3.8) is 0 Å². The molecule has 1 fully saturated rings. The van der Waals surface area contributed by atoms with Crippen molar-refractivity contribution >= 4 is 38.9 Å². The third-order valence-corrected chi connectivity index (χ3v) is 6.00. The Morgan fingerprint density at radius 1 is 1.08 bits per heavy atom. The molecule has 3 aromatic rings. The van der Waals surface area contributed by atoms with E-state index in [0.717, 1.165) is 24.3 Å². The SMILES string of the molecule is O=S(=O)(Nc1ccc(Cl)cc1Cl)c1ccc(-c2cnc(C3CC3)o2)cc1. The van der Waals surface area contributed by atoms with Gasteiger partial charge in [-0.3, -0.25) is 4.72 Å². The van der Waals surface area contributed by atoms with Crippen molar-refractivity contribution in [1.29, 1.82) is 0 Å². The molecule has 26 heavy (non-hydrogen) atoms. The number of nitrogens with zero attached hydrogens (tertiary/aromatic N) is 1. The van der Waals surface area contributed by atoms with Crippen LogP contribution < -0.4 is 4.72 Å². The van der Waals surface area contributed by atoms with Crippen LogP contribution in [-0.2, 0) is 10.0 Å². The molecule has 0 aliphatic heterocycles. The fraction of sp³-hybridized carbons (Fsp3) is 0.167. The third kappa shape index (κ3) is 3.58. The van der Waals surface area contributed by atoms with E-state index in [2.05, 4.69) is 9.71 Å². The fourth-order valence-electron chi connectivity index (χ4n) is 2.51. The maximum atomic E-state index is 12.5. The van der Waals surface area contributed by atoms with Crippen LogP contribution in [0.25, 0.3) is 11.3 Å². The van der Waals surface area contributed by atoms with E-state index in [9.17, 15) is 8.42 Å². The molecule has 0 bridgehead atoms. The summed E-state index contributed by atoms with van der Waals surface area (Å²) in [5.41, 5.74) is 1.04. The molecule has 0 spiro atoms. The molecule has 0 unspecified atom stereocenters. The molecule has 1 aliphatic carbocycles. The highest BCUT2D eigenvalue weighted by Gasteiger charge is 2.28. The summed E-state index contributed by atoms with van der Waals surface area (Å²) in [5, 5.41) is 0.659. The smallest absolute Gasteiger partial charge is 0.261 e. The number of hydrogen-bond acceptors (Lipinski definition) is 4. The molecule has 134 valence electrons. The van der Waals surface area contributed by atoms with E-state index in [4.69, 9.17) is 27.6 Å². The zero-order valence-corrected chi connectivity index (χ0v) is 15.8. The zero-order chi connectivity index (χ0) is 18.3. The third-order valence-electron chi connectivity index (χ3n) is 4.07. The molecular formula is C18H14Cl2N2O3S. The molecule has 1 aliphatic rings. The van der Waals surface area contributed by atoms with E-state index in [1.165, 1.54) is 24.3 Å². The lowest BCUT2D eigenvalue weighted by Crippen LogP contribution is -2.13. The van der Waals surface area contributed by atoms with Crippen molar-refractivity contribution in [2.75, 3.05) is 4.72 Å². The maximum Gasteiger partial charge on any atom is 0.261 e. The van der Waals surface area contributed by atoms with Gasteiger partial charge < -0.3 is 4.42 Å². The summed E-state index contributed by atoms with van der Waals surface area (Å²) in [6.07, 6.45) is 3.88. The Labute approximate surface area is 161 Å². The van der Waals surface area contributed by atoms with Crippen LogP contribution in [0.4, 0.5) is 5.69 Å². The topological polar surface area (TPSA) is 72.2 Å². The summed E-state index contributed by atoms with van der Waals surface area (Å²) < 4.78 is 33.3. The van der Waals surface area contributed by atoms with Crippen LogP contribution in [0.3, 0.4) is 0 Å². The minimum Gasteiger partial charge on any atom is -0.440 e. The summed E-state index contributed by atoms with van der Waals surface area (Å²) >= 11 is 11.9. The summed E-state index contributed by atoms with van der Waals surface area (Å²) in [6, 6.07) is 11.0. The molecule has 1 aromatic heterocycles. The van der Waals surface area contributed by atoms with Gasteiger partial charge in [0.1, 0.15) is 0 Å². The van der Waals surface area contributed by atoms with Crippen LogP contribution in [0.1, 0.15) is 24.7 Å². The Balaban J connectivity index is 1.56. The lowest BCUT2D eigenvalue weighted by molar-refractivity contribution is 0.509. The highest BCUT2D eigenvalue weighted by Crippen LogP contribution is 2.40. The van der Waals surface area contributed by atoms with Crippen LogP contribution in [0.2, 0.25) is 10.0 Å². The zero-order valence-electron chi connectivity index (χ0n) is 13.4. The van der Waals surface area contributed by atoms with Gasteiger partial charge in [-0.1, -0.05) is 23.2 Å². The number of benzene rings is 2. The summed E-state index contributed by atoms with van der Waals surface area (Å²) in [5.74, 6) is 1.80. The Morgan fingerprint density at radius 3 is 2.46 bits per heavy atom. The van der Waals surface area contributed by atoms with Gasteiger partial charge in [-0.25, -0.2) is 13.4 Å². The first kappa shape index (κ1) is 17.4. The molecule has 1 saturated carbocycles. The first-order valence-corrected chi connectivity index (χ1v) is 10.2. The van der Waals surface area contributed by atoms with Gasteiger partial charge in [0.05, 0.1) is 21.8 Å². The number of nitrogens with one attached hydrogen (secondary N) is 1. The predicted octanol–water partition coefficient (Wildman–Crippen LogP) is 5.33. The van der Waals surface area contributed by atoms with E-state index in [-0.39, 0.29) is 15.6 Å². The quantitative estimate of drug-likeness (QED) is 0.619. The van der Waals surface area contributed by atoms with Gasteiger partial charge in [0.15, 0.2) is 11.7 Å².